The van der Waals surface area contributed by atoms with Crippen LogP contribution in [0.2, 0.25) is 0 Å². The van der Waals surface area contributed by atoms with Gasteiger partial charge in [-0.25, -0.2) is 4.39 Å². The standard InChI is InChI=1S/C22H31FO4/c1-13(24)27-14-3-4-15-16-5-7-21(2)19(6-8-22(21)25-9-10-26-22)17(16)12-20(23)18(15)11-14/h14-17,19H,3-12H2,1-2H3/t14-,15+,16+,17?,19-,21-/m0/s1. The molecule has 4 fully saturated rings. The summed E-state index contributed by atoms with van der Waals surface area (Å²) in [6.45, 7) is 5.16. The van der Waals surface area contributed by atoms with E-state index in [1.807, 2.05) is 0 Å². The largest absolute Gasteiger partial charge is 0.462 e. The van der Waals surface area contributed by atoms with E-state index >= 15 is 4.39 Å². The first kappa shape index (κ1) is 18.1. The van der Waals surface area contributed by atoms with E-state index < -0.39 is 5.79 Å². The third-order valence-corrected chi connectivity index (χ3v) is 8.60. The number of rotatable bonds is 1. The van der Waals surface area contributed by atoms with Crippen LogP contribution in [0, 0.1) is 29.1 Å². The molecule has 4 aliphatic carbocycles. The third-order valence-electron chi connectivity index (χ3n) is 8.60. The van der Waals surface area contributed by atoms with E-state index in [0.717, 1.165) is 44.1 Å². The summed E-state index contributed by atoms with van der Waals surface area (Å²) in [6, 6.07) is 0. The predicted octanol–water partition coefficient (Wildman–Crippen LogP) is 4.53. The molecule has 0 amide bonds. The number of fused-ring (bicyclic) bond motifs is 6. The first-order chi connectivity index (χ1) is 12.9. The Labute approximate surface area is 160 Å². The van der Waals surface area contributed by atoms with Gasteiger partial charge in [-0.1, -0.05) is 6.92 Å². The van der Waals surface area contributed by atoms with E-state index in [0.29, 0.717) is 49.7 Å². The Balaban J connectivity index is 1.41. The van der Waals surface area contributed by atoms with Gasteiger partial charge in [0.05, 0.1) is 19.0 Å². The Morgan fingerprint density at radius 3 is 2.59 bits per heavy atom. The van der Waals surface area contributed by atoms with E-state index in [9.17, 15) is 4.79 Å². The zero-order valence-electron chi connectivity index (χ0n) is 16.5. The normalized spacial score (nSPS) is 45.4. The molecule has 5 heteroatoms. The van der Waals surface area contributed by atoms with Crippen LogP contribution >= 0.6 is 0 Å². The molecule has 0 aromatic rings. The first-order valence-corrected chi connectivity index (χ1v) is 10.8. The molecule has 1 heterocycles. The Morgan fingerprint density at radius 1 is 1.07 bits per heavy atom. The Hall–Kier alpha value is -0.940. The van der Waals surface area contributed by atoms with Crippen molar-refractivity contribution in [3.63, 3.8) is 0 Å². The van der Waals surface area contributed by atoms with Crippen molar-refractivity contribution in [2.75, 3.05) is 13.2 Å². The highest BCUT2D eigenvalue weighted by molar-refractivity contribution is 5.66. The summed E-state index contributed by atoms with van der Waals surface area (Å²) in [5.74, 6) is 1.18. The van der Waals surface area contributed by atoms with Crippen LogP contribution in [0.25, 0.3) is 0 Å². The summed E-state index contributed by atoms with van der Waals surface area (Å²) in [4.78, 5) is 11.3. The topological polar surface area (TPSA) is 44.8 Å². The van der Waals surface area contributed by atoms with Crippen molar-refractivity contribution in [3.8, 4) is 0 Å². The van der Waals surface area contributed by atoms with Gasteiger partial charge in [0.2, 0.25) is 0 Å². The molecule has 1 unspecified atom stereocenters. The lowest BCUT2D eigenvalue weighted by molar-refractivity contribution is -0.240. The van der Waals surface area contributed by atoms with Crippen molar-refractivity contribution >= 4 is 5.97 Å². The molecule has 0 N–H and O–H groups in total. The highest BCUT2D eigenvalue weighted by atomic mass is 19.1. The van der Waals surface area contributed by atoms with Gasteiger partial charge in [0.25, 0.3) is 0 Å². The maximum atomic E-state index is 15.2. The smallest absolute Gasteiger partial charge is 0.302 e. The van der Waals surface area contributed by atoms with Crippen molar-refractivity contribution < 1.29 is 23.4 Å². The van der Waals surface area contributed by atoms with Crippen LogP contribution in [-0.4, -0.2) is 31.1 Å². The van der Waals surface area contributed by atoms with Crippen LogP contribution in [0.3, 0.4) is 0 Å². The summed E-state index contributed by atoms with van der Waals surface area (Å²) in [5, 5.41) is 0. The molecule has 0 bridgehead atoms. The van der Waals surface area contributed by atoms with E-state index in [1.54, 1.807) is 0 Å². The molecule has 150 valence electrons. The van der Waals surface area contributed by atoms with E-state index in [1.165, 1.54) is 6.92 Å². The summed E-state index contributed by atoms with van der Waals surface area (Å²) in [7, 11) is 0. The van der Waals surface area contributed by atoms with Gasteiger partial charge in [-0.15, -0.1) is 0 Å². The van der Waals surface area contributed by atoms with Crippen molar-refractivity contribution in [2.24, 2.45) is 29.1 Å². The minimum Gasteiger partial charge on any atom is -0.462 e. The maximum absolute atomic E-state index is 15.2. The fourth-order valence-electron chi connectivity index (χ4n) is 7.49. The lowest BCUT2D eigenvalue weighted by Gasteiger charge is -2.55. The fraction of sp³-hybridized carbons (Fsp3) is 0.864. The number of ether oxygens (including phenoxy) is 3. The second-order valence-electron chi connectivity index (χ2n) is 9.63. The quantitative estimate of drug-likeness (QED) is 0.629. The van der Waals surface area contributed by atoms with E-state index in [2.05, 4.69) is 6.92 Å². The maximum Gasteiger partial charge on any atom is 0.302 e. The van der Waals surface area contributed by atoms with Crippen molar-refractivity contribution in [1.82, 2.24) is 0 Å². The second kappa shape index (κ2) is 6.28. The predicted molar refractivity (Wildman–Crippen MR) is 97.3 cm³/mol. The molecule has 1 spiro atoms. The summed E-state index contributed by atoms with van der Waals surface area (Å²) in [6.07, 6.45) is 7.10. The van der Waals surface area contributed by atoms with Crippen LogP contribution in [0.5, 0.6) is 0 Å². The highest BCUT2D eigenvalue weighted by Gasteiger charge is 2.65. The number of esters is 1. The monoisotopic (exact) mass is 378 g/mol. The molecule has 1 saturated heterocycles. The second-order valence-corrected chi connectivity index (χ2v) is 9.63. The number of halogens is 1. The van der Waals surface area contributed by atoms with Crippen molar-refractivity contribution in [3.05, 3.63) is 11.4 Å². The molecular formula is C22H31FO4. The third kappa shape index (κ3) is 2.57. The van der Waals surface area contributed by atoms with E-state index in [4.69, 9.17) is 14.2 Å². The van der Waals surface area contributed by atoms with Gasteiger partial charge in [0, 0.05) is 31.6 Å². The molecule has 5 aliphatic rings. The van der Waals surface area contributed by atoms with Crippen LogP contribution in [-0.2, 0) is 19.0 Å². The number of carbonyl (C=O) groups excluding carboxylic acids is 1. The zero-order chi connectivity index (χ0) is 18.8. The van der Waals surface area contributed by atoms with Gasteiger partial charge < -0.3 is 14.2 Å². The minimum absolute atomic E-state index is 0.0113. The van der Waals surface area contributed by atoms with Gasteiger partial charge >= 0.3 is 5.97 Å². The van der Waals surface area contributed by atoms with Crippen LogP contribution < -0.4 is 0 Å². The Kier molecular flexibility index (Phi) is 4.21. The number of carbonyl (C=O) groups is 1. The molecule has 1 aliphatic heterocycles. The number of hydrogen-bond donors (Lipinski definition) is 0. The molecule has 0 aromatic carbocycles. The first-order valence-electron chi connectivity index (χ1n) is 10.8. The van der Waals surface area contributed by atoms with E-state index in [-0.39, 0.29) is 23.3 Å². The van der Waals surface area contributed by atoms with Crippen molar-refractivity contribution in [1.29, 1.82) is 0 Å². The summed E-state index contributed by atoms with van der Waals surface area (Å²) < 4.78 is 33.0. The lowest BCUT2D eigenvalue weighted by Crippen LogP contribution is -2.53. The lowest BCUT2D eigenvalue weighted by atomic mass is 9.52. The van der Waals surface area contributed by atoms with Crippen LogP contribution in [0.1, 0.15) is 65.2 Å². The summed E-state index contributed by atoms with van der Waals surface area (Å²) >= 11 is 0. The SMILES string of the molecule is CC(=O)O[C@H]1CC[C@H]2C(=C(F)CC3[C@@H]2CC[C@@]2(C)[C@H]3CCC23OCCO3)C1. The van der Waals surface area contributed by atoms with Gasteiger partial charge in [-0.05, 0) is 61.3 Å². The average molecular weight is 378 g/mol. The fourth-order valence-corrected chi connectivity index (χ4v) is 7.49. The zero-order valence-corrected chi connectivity index (χ0v) is 16.5. The van der Waals surface area contributed by atoms with Crippen LogP contribution in [0.4, 0.5) is 4.39 Å². The molecule has 4 nitrogen and oxygen atoms in total. The number of hydrogen-bond acceptors (Lipinski definition) is 4. The summed E-state index contributed by atoms with van der Waals surface area (Å²) in [5.41, 5.74) is 0.968. The Bertz CT molecular complexity index is 667. The molecule has 0 aromatic heterocycles. The highest BCUT2D eigenvalue weighted by Crippen LogP contribution is 2.67. The van der Waals surface area contributed by atoms with Gasteiger partial charge in [0.15, 0.2) is 5.79 Å². The molecule has 5 rings (SSSR count). The minimum atomic E-state index is -0.421. The van der Waals surface area contributed by atoms with Gasteiger partial charge in [0.1, 0.15) is 6.10 Å². The van der Waals surface area contributed by atoms with Crippen molar-refractivity contribution in [2.45, 2.75) is 77.1 Å². The molecule has 0 radical (unpaired) electrons. The number of allylic oxidation sites excluding steroid dienone is 1. The molecule has 6 atom stereocenters. The van der Waals surface area contributed by atoms with Gasteiger partial charge in [-0.2, -0.15) is 0 Å². The van der Waals surface area contributed by atoms with Gasteiger partial charge in [-0.3, -0.25) is 4.79 Å². The molecular weight excluding hydrogens is 347 g/mol. The molecule has 27 heavy (non-hydrogen) atoms. The molecule has 3 saturated carbocycles. The van der Waals surface area contributed by atoms with Crippen LogP contribution in [0.15, 0.2) is 11.4 Å². The average Bonchev–Trinajstić information content (AvgIpc) is 3.22. The Morgan fingerprint density at radius 2 is 1.85 bits per heavy atom.